The van der Waals surface area contributed by atoms with E-state index in [9.17, 15) is 18.0 Å². The van der Waals surface area contributed by atoms with Crippen LogP contribution in [0.2, 0.25) is 0 Å². The Labute approximate surface area is 135 Å². The van der Waals surface area contributed by atoms with Crippen LogP contribution in [0.25, 0.3) is 0 Å². The highest BCUT2D eigenvalue weighted by molar-refractivity contribution is 5.73. The lowest BCUT2D eigenvalue weighted by atomic mass is 9.90. The van der Waals surface area contributed by atoms with E-state index < -0.39 is 11.7 Å². The molecule has 1 saturated heterocycles. The van der Waals surface area contributed by atoms with E-state index in [1.54, 1.807) is 36.0 Å². The lowest BCUT2D eigenvalue weighted by Gasteiger charge is -2.34. The summed E-state index contributed by atoms with van der Waals surface area (Å²) in [4.78, 5) is 15.3. The average Bonchev–Trinajstić information content (AvgIpc) is 2.51. The average molecular weight is 328 g/mol. The van der Waals surface area contributed by atoms with Gasteiger partial charge in [0.2, 0.25) is 0 Å². The summed E-state index contributed by atoms with van der Waals surface area (Å²) < 4.78 is 39.0. The van der Waals surface area contributed by atoms with Crippen molar-refractivity contribution in [2.75, 3.05) is 27.2 Å². The first kappa shape index (κ1) is 17.6. The van der Waals surface area contributed by atoms with Crippen molar-refractivity contribution in [2.24, 2.45) is 5.92 Å². The quantitative estimate of drug-likeness (QED) is 0.822. The lowest BCUT2D eigenvalue weighted by Crippen LogP contribution is -2.45. The molecule has 128 valence electrons. The number of rotatable bonds is 3. The molecule has 0 aliphatic carbocycles. The van der Waals surface area contributed by atoms with E-state index in [0.717, 1.165) is 25.5 Å². The van der Waals surface area contributed by atoms with Crippen molar-refractivity contribution >= 4 is 6.03 Å². The number of hydrogen-bond donors (Lipinski definition) is 0. The van der Waals surface area contributed by atoms with E-state index in [1.807, 2.05) is 0 Å². The molecule has 2 rings (SSSR count). The molecule has 1 heterocycles. The fourth-order valence-corrected chi connectivity index (χ4v) is 3.13. The molecule has 0 N–H and O–H groups in total. The van der Waals surface area contributed by atoms with Crippen molar-refractivity contribution in [3.05, 3.63) is 35.4 Å². The Bertz CT molecular complexity index is 543. The van der Waals surface area contributed by atoms with Gasteiger partial charge in [0.1, 0.15) is 0 Å². The lowest BCUT2D eigenvalue weighted by molar-refractivity contribution is -0.138. The van der Waals surface area contributed by atoms with E-state index in [0.29, 0.717) is 24.9 Å². The number of benzene rings is 1. The molecule has 0 aromatic heterocycles. The van der Waals surface area contributed by atoms with Gasteiger partial charge in [0.05, 0.1) is 5.56 Å². The molecule has 2 amide bonds. The summed E-state index contributed by atoms with van der Waals surface area (Å²) in [5.41, 5.74) is -0.201. The van der Waals surface area contributed by atoms with Crippen LogP contribution in [0.4, 0.5) is 18.0 Å². The molecule has 1 aliphatic heterocycles. The van der Waals surface area contributed by atoms with Crippen LogP contribution >= 0.6 is 0 Å². The van der Waals surface area contributed by atoms with Gasteiger partial charge in [-0.25, -0.2) is 4.79 Å². The van der Waals surface area contributed by atoms with E-state index in [4.69, 9.17) is 0 Å². The Balaban J connectivity index is 1.98. The van der Waals surface area contributed by atoms with Crippen LogP contribution in [0, 0.1) is 5.92 Å². The molecule has 1 aromatic carbocycles. The topological polar surface area (TPSA) is 23.6 Å². The smallest absolute Gasteiger partial charge is 0.331 e. The second-order valence-electron chi connectivity index (χ2n) is 6.32. The molecule has 0 bridgehead atoms. The monoisotopic (exact) mass is 328 g/mol. The molecule has 0 radical (unpaired) electrons. The number of carbonyl (C=O) groups is 1. The van der Waals surface area contributed by atoms with Crippen LogP contribution in [0.1, 0.15) is 30.4 Å². The van der Waals surface area contributed by atoms with Gasteiger partial charge in [-0.2, -0.15) is 13.2 Å². The first-order valence-electron chi connectivity index (χ1n) is 7.90. The molecule has 0 unspecified atom stereocenters. The summed E-state index contributed by atoms with van der Waals surface area (Å²) in [5, 5.41) is 0. The number of alkyl halides is 3. The summed E-state index contributed by atoms with van der Waals surface area (Å²) in [6.07, 6.45) is -1.37. The fraction of sp³-hybridized carbons (Fsp3) is 0.588. The van der Waals surface area contributed by atoms with Crippen molar-refractivity contribution < 1.29 is 18.0 Å². The number of piperidine rings is 1. The zero-order valence-corrected chi connectivity index (χ0v) is 13.6. The van der Waals surface area contributed by atoms with Crippen LogP contribution < -0.4 is 0 Å². The first-order valence-corrected chi connectivity index (χ1v) is 7.90. The number of halogens is 3. The Morgan fingerprint density at radius 3 is 2.65 bits per heavy atom. The van der Waals surface area contributed by atoms with E-state index in [1.165, 1.54) is 6.07 Å². The molecule has 0 saturated carbocycles. The van der Waals surface area contributed by atoms with Gasteiger partial charge in [-0.1, -0.05) is 18.2 Å². The van der Waals surface area contributed by atoms with Gasteiger partial charge in [0, 0.05) is 27.2 Å². The first-order chi connectivity index (χ1) is 10.8. The summed E-state index contributed by atoms with van der Waals surface area (Å²) >= 11 is 0. The molecule has 3 nitrogen and oxygen atoms in total. The van der Waals surface area contributed by atoms with Gasteiger partial charge < -0.3 is 9.80 Å². The minimum absolute atomic E-state index is 0.0228. The summed E-state index contributed by atoms with van der Waals surface area (Å²) in [7, 11) is 3.43. The van der Waals surface area contributed by atoms with Crippen molar-refractivity contribution in [3.8, 4) is 0 Å². The maximum Gasteiger partial charge on any atom is 0.416 e. The minimum atomic E-state index is -4.31. The third kappa shape index (κ3) is 4.62. The molecule has 6 heteroatoms. The number of hydrogen-bond acceptors (Lipinski definition) is 1. The van der Waals surface area contributed by atoms with Crippen LogP contribution in [0.3, 0.4) is 0 Å². The summed E-state index contributed by atoms with van der Waals surface area (Å²) in [6.45, 7) is 1.36. The second kappa shape index (κ2) is 7.23. The predicted octanol–water partition coefficient (Wildman–Crippen LogP) is 4.03. The van der Waals surface area contributed by atoms with Crippen LogP contribution in [0.15, 0.2) is 24.3 Å². The van der Waals surface area contributed by atoms with Gasteiger partial charge in [0.15, 0.2) is 0 Å². The maximum atomic E-state index is 13.0. The van der Waals surface area contributed by atoms with Crippen molar-refractivity contribution in [1.82, 2.24) is 9.80 Å². The zero-order valence-electron chi connectivity index (χ0n) is 13.6. The van der Waals surface area contributed by atoms with E-state index >= 15 is 0 Å². The highest BCUT2D eigenvalue weighted by Crippen LogP contribution is 2.33. The molecule has 23 heavy (non-hydrogen) atoms. The van der Waals surface area contributed by atoms with Crippen LogP contribution in [-0.4, -0.2) is 43.0 Å². The molecule has 1 aromatic rings. The van der Waals surface area contributed by atoms with Gasteiger partial charge in [0.25, 0.3) is 0 Å². The molecular weight excluding hydrogens is 305 g/mol. The van der Waals surface area contributed by atoms with E-state index in [2.05, 4.69) is 0 Å². The van der Waals surface area contributed by atoms with Gasteiger partial charge in [-0.15, -0.1) is 0 Å². The summed E-state index contributed by atoms with van der Waals surface area (Å²) in [5.74, 6) is 0.258. The molecule has 1 aliphatic rings. The molecule has 1 atom stereocenters. The third-order valence-electron chi connectivity index (χ3n) is 4.32. The van der Waals surface area contributed by atoms with Gasteiger partial charge in [-0.05, 0) is 43.2 Å². The highest BCUT2D eigenvalue weighted by atomic mass is 19.4. The Morgan fingerprint density at radius 2 is 2.00 bits per heavy atom. The summed E-state index contributed by atoms with van der Waals surface area (Å²) in [6, 6.07) is 5.73. The SMILES string of the molecule is CN(C)C(=O)N1CCC[C@H](CCc2ccccc2C(F)(F)F)C1. The maximum absolute atomic E-state index is 13.0. The van der Waals surface area contributed by atoms with E-state index in [-0.39, 0.29) is 11.9 Å². The normalized spacial score (nSPS) is 18.8. The standard InChI is InChI=1S/C17H23F3N2O/c1-21(2)16(23)22-11-5-6-13(12-22)9-10-14-7-3-4-8-15(14)17(18,19)20/h3-4,7-8,13H,5-6,9-12H2,1-2H3/t13-/m1/s1. The Morgan fingerprint density at radius 1 is 1.30 bits per heavy atom. The van der Waals surface area contributed by atoms with Crippen LogP contribution in [0.5, 0.6) is 0 Å². The van der Waals surface area contributed by atoms with Crippen molar-refractivity contribution in [3.63, 3.8) is 0 Å². The highest BCUT2D eigenvalue weighted by Gasteiger charge is 2.33. The Hall–Kier alpha value is -1.72. The minimum Gasteiger partial charge on any atom is -0.331 e. The number of amides is 2. The molecule has 0 spiro atoms. The second-order valence-corrected chi connectivity index (χ2v) is 6.32. The third-order valence-corrected chi connectivity index (χ3v) is 4.32. The van der Waals surface area contributed by atoms with Gasteiger partial charge in [-0.3, -0.25) is 0 Å². The van der Waals surface area contributed by atoms with Crippen molar-refractivity contribution in [2.45, 2.75) is 31.9 Å². The number of urea groups is 1. The fourth-order valence-electron chi connectivity index (χ4n) is 3.13. The number of likely N-dealkylation sites (tertiary alicyclic amines) is 1. The zero-order chi connectivity index (χ0) is 17.0. The largest absolute Gasteiger partial charge is 0.416 e. The predicted molar refractivity (Wildman–Crippen MR) is 83.1 cm³/mol. The number of aryl methyl sites for hydroxylation is 1. The van der Waals surface area contributed by atoms with Gasteiger partial charge >= 0.3 is 12.2 Å². The Kier molecular flexibility index (Phi) is 5.55. The molecular formula is C17H23F3N2O. The van der Waals surface area contributed by atoms with Crippen LogP contribution in [-0.2, 0) is 12.6 Å². The number of nitrogens with zero attached hydrogens (tertiary/aromatic N) is 2. The van der Waals surface area contributed by atoms with Crippen molar-refractivity contribution in [1.29, 1.82) is 0 Å². The number of carbonyl (C=O) groups excluding carboxylic acids is 1. The molecule has 1 fully saturated rings.